The molecule has 1 aliphatic rings. The van der Waals surface area contributed by atoms with Gasteiger partial charge in [-0.25, -0.2) is 0 Å². The molecule has 0 bridgehead atoms. The molecule has 5 nitrogen and oxygen atoms in total. The number of aromatic hydroxyl groups is 1. The highest BCUT2D eigenvalue weighted by atomic mass is 16.5. The van der Waals surface area contributed by atoms with Crippen LogP contribution in [-0.2, 0) is 0 Å². The Morgan fingerprint density at radius 2 is 2.05 bits per heavy atom. The molecule has 1 amide bonds. The Bertz CT molecular complexity index is 495. The predicted molar refractivity (Wildman–Crippen MR) is 75.0 cm³/mol. The van der Waals surface area contributed by atoms with Gasteiger partial charge in [0, 0.05) is 13.6 Å². The van der Waals surface area contributed by atoms with E-state index in [-0.39, 0.29) is 29.5 Å². The van der Waals surface area contributed by atoms with Crippen molar-refractivity contribution < 1.29 is 19.7 Å². The molecule has 0 saturated heterocycles. The Morgan fingerprint density at radius 3 is 2.65 bits per heavy atom. The Labute approximate surface area is 118 Å². The van der Waals surface area contributed by atoms with Crippen molar-refractivity contribution in [3.63, 3.8) is 0 Å². The van der Waals surface area contributed by atoms with E-state index in [2.05, 4.69) is 0 Å². The number of amides is 1. The van der Waals surface area contributed by atoms with E-state index in [1.54, 1.807) is 25.2 Å². The number of nitrogens with zero attached hydrogens (tertiary/aromatic N) is 1. The average Bonchev–Trinajstić information content (AvgIpc) is 2.84. The first-order chi connectivity index (χ1) is 9.47. The maximum atomic E-state index is 12.4. The van der Waals surface area contributed by atoms with Crippen molar-refractivity contribution in [3.8, 4) is 11.5 Å². The van der Waals surface area contributed by atoms with Gasteiger partial charge in [-0.05, 0) is 25.0 Å². The van der Waals surface area contributed by atoms with Gasteiger partial charge < -0.3 is 19.8 Å². The number of phenols is 1. The molecule has 0 radical (unpaired) electrons. The van der Waals surface area contributed by atoms with Gasteiger partial charge >= 0.3 is 0 Å². The number of hydrogen-bond donors (Lipinski definition) is 2. The van der Waals surface area contributed by atoms with Gasteiger partial charge in [-0.2, -0.15) is 0 Å². The third-order valence-corrected chi connectivity index (χ3v) is 3.86. The number of ether oxygens (including phenoxy) is 1. The van der Waals surface area contributed by atoms with Crippen LogP contribution in [0.3, 0.4) is 0 Å². The summed E-state index contributed by atoms with van der Waals surface area (Å²) in [7, 11) is 3.08. The molecule has 2 N–H and O–H groups in total. The number of methoxy groups -OCH3 is 1. The summed E-state index contributed by atoms with van der Waals surface area (Å²) in [6, 6.07) is 4.80. The molecule has 0 unspecified atom stereocenters. The molecule has 2 rings (SSSR count). The summed E-state index contributed by atoms with van der Waals surface area (Å²) in [5.74, 6) is -0.212. The lowest BCUT2D eigenvalue weighted by molar-refractivity contribution is 0.0155. The molecule has 110 valence electrons. The first kappa shape index (κ1) is 14.7. The summed E-state index contributed by atoms with van der Waals surface area (Å²) in [5, 5.41) is 20.3. The van der Waals surface area contributed by atoms with E-state index < -0.39 is 5.60 Å². The van der Waals surface area contributed by atoms with Crippen LogP contribution in [0.1, 0.15) is 36.0 Å². The molecule has 0 aliphatic heterocycles. The van der Waals surface area contributed by atoms with Crippen LogP contribution in [0.25, 0.3) is 0 Å². The van der Waals surface area contributed by atoms with Gasteiger partial charge in [-0.1, -0.05) is 18.9 Å². The van der Waals surface area contributed by atoms with Crippen LogP contribution in [-0.4, -0.2) is 47.3 Å². The first-order valence-corrected chi connectivity index (χ1v) is 6.81. The van der Waals surface area contributed by atoms with Gasteiger partial charge in [0.15, 0.2) is 11.5 Å². The van der Waals surface area contributed by atoms with Crippen LogP contribution in [0, 0.1) is 0 Å². The molecule has 20 heavy (non-hydrogen) atoms. The van der Waals surface area contributed by atoms with Crippen molar-refractivity contribution in [2.24, 2.45) is 0 Å². The van der Waals surface area contributed by atoms with Gasteiger partial charge in [0.1, 0.15) is 0 Å². The summed E-state index contributed by atoms with van der Waals surface area (Å²) < 4.78 is 5.00. The van der Waals surface area contributed by atoms with Gasteiger partial charge in [0.25, 0.3) is 5.91 Å². The standard InChI is InChI=1S/C15H21NO4/c1-16(10-15(19)8-3-4-9-15)14(18)11-6-5-7-12(20-2)13(11)17/h5-7,17,19H,3-4,8-10H2,1-2H3. The fourth-order valence-corrected chi connectivity index (χ4v) is 2.77. The van der Waals surface area contributed by atoms with Crippen LogP contribution in [0.5, 0.6) is 11.5 Å². The summed E-state index contributed by atoms with van der Waals surface area (Å²) >= 11 is 0. The van der Waals surface area contributed by atoms with E-state index in [4.69, 9.17) is 4.74 Å². The van der Waals surface area contributed by atoms with Gasteiger partial charge in [-0.15, -0.1) is 0 Å². The lowest BCUT2D eigenvalue weighted by Crippen LogP contribution is -2.42. The second-order valence-electron chi connectivity index (χ2n) is 5.45. The van der Waals surface area contributed by atoms with Crippen molar-refractivity contribution in [3.05, 3.63) is 23.8 Å². The van der Waals surface area contributed by atoms with E-state index in [9.17, 15) is 15.0 Å². The smallest absolute Gasteiger partial charge is 0.257 e. The maximum absolute atomic E-state index is 12.4. The molecule has 0 aromatic heterocycles. The van der Waals surface area contributed by atoms with Gasteiger partial charge in [0.2, 0.25) is 0 Å². The molecule has 0 atom stereocenters. The van der Waals surface area contributed by atoms with E-state index in [1.807, 2.05) is 0 Å². The van der Waals surface area contributed by atoms with Crippen molar-refractivity contribution >= 4 is 5.91 Å². The number of carbonyl (C=O) groups excluding carboxylic acids is 1. The molecular weight excluding hydrogens is 258 g/mol. The number of carbonyl (C=O) groups is 1. The second kappa shape index (κ2) is 5.71. The van der Waals surface area contributed by atoms with E-state index in [0.29, 0.717) is 12.8 Å². The van der Waals surface area contributed by atoms with Gasteiger partial charge in [0.05, 0.1) is 18.3 Å². The number of rotatable bonds is 4. The maximum Gasteiger partial charge on any atom is 0.257 e. The number of para-hydroxylation sites is 1. The van der Waals surface area contributed by atoms with Crippen LogP contribution in [0.4, 0.5) is 0 Å². The number of benzene rings is 1. The third-order valence-electron chi connectivity index (χ3n) is 3.86. The topological polar surface area (TPSA) is 70.0 Å². The monoisotopic (exact) mass is 279 g/mol. The zero-order valence-electron chi connectivity index (χ0n) is 11.9. The third kappa shape index (κ3) is 2.88. The molecular formula is C15H21NO4. The molecule has 1 aromatic rings. The number of phenolic OH excluding ortho intramolecular Hbond substituents is 1. The summed E-state index contributed by atoms with van der Waals surface area (Å²) in [5.41, 5.74) is -0.604. The molecule has 0 heterocycles. The van der Waals surface area contributed by atoms with Crippen molar-refractivity contribution in [2.45, 2.75) is 31.3 Å². The normalized spacial score (nSPS) is 16.9. The van der Waals surface area contributed by atoms with E-state index in [0.717, 1.165) is 12.8 Å². The van der Waals surface area contributed by atoms with Crippen molar-refractivity contribution in [2.75, 3.05) is 20.7 Å². The summed E-state index contributed by atoms with van der Waals surface area (Å²) in [6.07, 6.45) is 3.41. The number of aliphatic hydroxyl groups is 1. The van der Waals surface area contributed by atoms with Crippen LogP contribution in [0.2, 0.25) is 0 Å². The van der Waals surface area contributed by atoms with Crippen LogP contribution < -0.4 is 4.74 Å². The quantitative estimate of drug-likeness (QED) is 0.881. The summed E-state index contributed by atoms with van der Waals surface area (Å²) in [6.45, 7) is 0.280. The fourth-order valence-electron chi connectivity index (χ4n) is 2.77. The lowest BCUT2D eigenvalue weighted by Gasteiger charge is -2.28. The minimum atomic E-state index is -0.793. The first-order valence-electron chi connectivity index (χ1n) is 6.81. The fraction of sp³-hybridized carbons (Fsp3) is 0.533. The number of hydrogen-bond acceptors (Lipinski definition) is 4. The van der Waals surface area contributed by atoms with Crippen LogP contribution in [0.15, 0.2) is 18.2 Å². The Hall–Kier alpha value is -1.75. The SMILES string of the molecule is COc1cccc(C(=O)N(C)CC2(O)CCCC2)c1O. The van der Waals surface area contributed by atoms with Crippen molar-refractivity contribution in [1.82, 2.24) is 4.90 Å². The highest BCUT2D eigenvalue weighted by Crippen LogP contribution is 2.32. The van der Waals surface area contributed by atoms with Crippen molar-refractivity contribution in [1.29, 1.82) is 0 Å². The average molecular weight is 279 g/mol. The minimum absolute atomic E-state index is 0.162. The minimum Gasteiger partial charge on any atom is -0.504 e. The zero-order valence-corrected chi connectivity index (χ0v) is 11.9. The predicted octanol–water partition coefficient (Wildman–Crippen LogP) is 1.78. The Balaban J connectivity index is 2.14. The van der Waals surface area contributed by atoms with E-state index in [1.165, 1.54) is 12.0 Å². The number of likely N-dealkylation sites (N-methyl/N-ethyl adjacent to an activating group) is 1. The van der Waals surface area contributed by atoms with Gasteiger partial charge in [-0.3, -0.25) is 4.79 Å². The molecule has 1 saturated carbocycles. The van der Waals surface area contributed by atoms with Crippen LogP contribution >= 0.6 is 0 Å². The lowest BCUT2D eigenvalue weighted by atomic mass is 10.0. The van der Waals surface area contributed by atoms with E-state index >= 15 is 0 Å². The zero-order chi connectivity index (χ0) is 14.8. The Kier molecular flexibility index (Phi) is 4.18. The molecule has 1 fully saturated rings. The largest absolute Gasteiger partial charge is 0.504 e. The summed E-state index contributed by atoms with van der Waals surface area (Å²) in [4.78, 5) is 13.8. The highest BCUT2D eigenvalue weighted by molar-refractivity contribution is 5.97. The second-order valence-corrected chi connectivity index (χ2v) is 5.45. The Morgan fingerprint density at radius 1 is 1.40 bits per heavy atom. The molecule has 5 heteroatoms. The molecule has 1 aromatic carbocycles. The highest BCUT2D eigenvalue weighted by Gasteiger charge is 2.34. The molecule has 0 spiro atoms. The molecule has 1 aliphatic carbocycles.